The second-order valence-electron chi connectivity index (χ2n) is 3.03. The van der Waals surface area contributed by atoms with E-state index in [4.69, 9.17) is 0 Å². The monoisotopic (exact) mass is 164 g/mol. The van der Waals surface area contributed by atoms with Crippen LogP contribution >= 0.6 is 11.8 Å². The van der Waals surface area contributed by atoms with Gasteiger partial charge >= 0.3 is 0 Å². The molecule has 0 bridgehead atoms. The molecule has 11 heavy (non-hydrogen) atoms. The lowest BCUT2D eigenvalue weighted by molar-refractivity contribution is 1.14. The van der Waals surface area contributed by atoms with Gasteiger partial charge < -0.3 is 0 Å². The Balaban J connectivity index is 2.09. The summed E-state index contributed by atoms with van der Waals surface area (Å²) in [6, 6.07) is 10.8. The van der Waals surface area contributed by atoms with Crippen LogP contribution in [-0.4, -0.2) is 11.5 Å². The fraction of sp³-hybridized carbons (Fsp3) is 0.400. The minimum Gasteiger partial charge on any atom is -0.161 e. The minimum atomic E-state index is 0.853. The Morgan fingerprint density at radius 1 is 1.27 bits per heavy atom. The molecule has 0 heterocycles. The van der Waals surface area contributed by atoms with Gasteiger partial charge in [-0.15, -0.1) is 0 Å². The zero-order valence-electron chi connectivity index (χ0n) is 6.66. The summed E-state index contributed by atoms with van der Waals surface area (Å²) in [6.45, 7) is 0. The van der Waals surface area contributed by atoms with Gasteiger partial charge in [0.05, 0.1) is 0 Å². The van der Waals surface area contributed by atoms with E-state index in [9.17, 15) is 0 Å². The third-order valence-corrected chi connectivity index (χ3v) is 3.39. The summed E-state index contributed by atoms with van der Waals surface area (Å²) in [4.78, 5) is 0. The van der Waals surface area contributed by atoms with E-state index >= 15 is 0 Å². The predicted molar refractivity (Wildman–Crippen MR) is 51.1 cm³/mol. The largest absolute Gasteiger partial charge is 0.161 e. The normalized spacial score (nSPS) is 28.5. The maximum atomic E-state index is 2.24. The summed E-state index contributed by atoms with van der Waals surface area (Å²) < 4.78 is 0. The molecule has 0 N–H and O–H groups in total. The lowest BCUT2D eigenvalue weighted by Gasteiger charge is -1.96. The third kappa shape index (κ3) is 1.43. The number of thioether (sulfide) groups is 1. The van der Waals surface area contributed by atoms with Gasteiger partial charge in [0, 0.05) is 5.25 Å². The van der Waals surface area contributed by atoms with E-state index in [1.807, 2.05) is 11.8 Å². The predicted octanol–water partition coefficient (Wildman–Crippen LogP) is 2.91. The second kappa shape index (κ2) is 2.90. The quantitative estimate of drug-likeness (QED) is 0.647. The first kappa shape index (κ1) is 7.23. The average molecular weight is 164 g/mol. The van der Waals surface area contributed by atoms with E-state index in [1.165, 1.54) is 12.0 Å². The van der Waals surface area contributed by atoms with Crippen LogP contribution < -0.4 is 0 Å². The fourth-order valence-corrected chi connectivity index (χ4v) is 2.37. The van der Waals surface area contributed by atoms with Crippen molar-refractivity contribution in [3.63, 3.8) is 0 Å². The first-order valence-corrected chi connectivity index (χ1v) is 5.28. The Morgan fingerprint density at radius 2 is 2.00 bits per heavy atom. The molecular weight excluding hydrogens is 152 g/mol. The first-order chi connectivity index (χ1) is 5.42. The van der Waals surface area contributed by atoms with Crippen LogP contribution in [0.1, 0.15) is 17.9 Å². The van der Waals surface area contributed by atoms with Gasteiger partial charge in [0.15, 0.2) is 0 Å². The van der Waals surface area contributed by atoms with Crippen LogP contribution in [0.25, 0.3) is 0 Å². The topological polar surface area (TPSA) is 0 Å². The van der Waals surface area contributed by atoms with Crippen molar-refractivity contribution in [1.82, 2.24) is 0 Å². The van der Waals surface area contributed by atoms with Gasteiger partial charge in [-0.1, -0.05) is 30.3 Å². The summed E-state index contributed by atoms with van der Waals surface area (Å²) in [5, 5.41) is 0.900. The van der Waals surface area contributed by atoms with E-state index in [2.05, 4.69) is 36.6 Å². The Hall–Kier alpha value is -0.430. The number of rotatable bonds is 2. The van der Waals surface area contributed by atoms with Crippen molar-refractivity contribution in [2.75, 3.05) is 6.26 Å². The second-order valence-corrected chi connectivity index (χ2v) is 4.10. The van der Waals surface area contributed by atoms with E-state index < -0.39 is 0 Å². The van der Waals surface area contributed by atoms with Crippen LogP contribution in [0, 0.1) is 0 Å². The van der Waals surface area contributed by atoms with Crippen molar-refractivity contribution >= 4 is 11.8 Å². The molecule has 1 fully saturated rings. The molecule has 0 aliphatic heterocycles. The molecule has 0 spiro atoms. The van der Waals surface area contributed by atoms with Crippen LogP contribution in [-0.2, 0) is 0 Å². The molecule has 1 heteroatoms. The molecule has 58 valence electrons. The van der Waals surface area contributed by atoms with Gasteiger partial charge in [-0.2, -0.15) is 11.8 Å². The van der Waals surface area contributed by atoms with E-state index in [0.717, 1.165) is 11.2 Å². The zero-order chi connectivity index (χ0) is 7.68. The van der Waals surface area contributed by atoms with Gasteiger partial charge in [0.2, 0.25) is 0 Å². The smallest absolute Gasteiger partial charge is 0.0120 e. The van der Waals surface area contributed by atoms with Crippen LogP contribution in [0.4, 0.5) is 0 Å². The summed E-state index contributed by atoms with van der Waals surface area (Å²) in [5.41, 5.74) is 1.52. The van der Waals surface area contributed by atoms with Crippen LogP contribution in [0.2, 0.25) is 0 Å². The molecule has 1 aromatic carbocycles. The molecular formula is C10H12S. The van der Waals surface area contributed by atoms with E-state index in [-0.39, 0.29) is 0 Å². The molecule has 1 aliphatic carbocycles. The molecule has 1 aromatic rings. The first-order valence-electron chi connectivity index (χ1n) is 3.99. The highest BCUT2D eigenvalue weighted by Crippen LogP contribution is 2.47. The SMILES string of the molecule is CSC1CC1c1ccccc1. The lowest BCUT2D eigenvalue weighted by Crippen LogP contribution is -1.81. The van der Waals surface area contributed by atoms with Crippen molar-refractivity contribution in [1.29, 1.82) is 0 Å². The standard InChI is InChI=1S/C10H12S/c1-11-10-7-9(10)8-5-3-2-4-6-8/h2-6,9-10H,7H2,1H3. The lowest BCUT2D eigenvalue weighted by atomic mass is 10.1. The minimum absolute atomic E-state index is 0.853. The molecule has 0 saturated heterocycles. The van der Waals surface area contributed by atoms with Crippen molar-refractivity contribution in [3.8, 4) is 0 Å². The van der Waals surface area contributed by atoms with Gasteiger partial charge in [-0.3, -0.25) is 0 Å². The Kier molecular flexibility index (Phi) is 1.91. The Labute approximate surface area is 72.0 Å². The Morgan fingerprint density at radius 3 is 2.55 bits per heavy atom. The summed E-state index contributed by atoms with van der Waals surface area (Å²) in [7, 11) is 0. The molecule has 1 saturated carbocycles. The van der Waals surface area contributed by atoms with Crippen molar-refractivity contribution in [2.24, 2.45) is 0 Å². The van der Waals surface area contributed by atoms with Crippen molar-refractivity contribution in [3.05, 3.63) is 35.9 Å². The van der Waals surface area contributed by atoms with Crippen LogP contribution in [0.15, 0.2) is 30.3 Å². The molecule has 2 unspecified atom stereocenters. The molecule has 0 nitrogen and oxygen atoms in total. The average Bonchev–Trinajstić information content (AvgIpc) is 2.85. The molecule has 0 amide bonds. The molecule has 1 aliphatic rings. The van der Waals surface area contributed by atoms with E-state index in [0.29, 0.717) is 0 Å². The van der Waals surface area contributed by atoms with Gasteiger partial charge in [0.1, 0.15) is 0 Å². The maximum Gasteiger partial charge on any atom is 0.0120 e. The molecule has 0 radical (unpaired) electrons. The van der Waals surface area contributed by atoms with Crippen LogP contribution in [0.5, 0.6) is 0 Å². The highest BCUT2D eigenvalue weighted by atomic mass is 32.2. The number of hydrogen-bond donors (Lipinski definition) is 0. The maximum absolute atomic E-state index is 2.24. The van der Waals surface area contributed by atoms with E-state index in [1.54, 1.807) is 0 Å². The van der Waals surface area contributed by atoms with Gasteiger partial charge in [-0.25, -0.2) is 0 Å². The van der Waals surface area contributed by atoms with Crippen molar-refractivity contribution < 1.29 is 0 Å². The number of hydrogen-bond acceptors (Lipinski definition) is 1. The summed E-state index contributed by atoms with van der Waals surface area (Å²) in [6.07, 6.45) is 3.58. The summed E-state index contributed by atoms with van der Waals surface area (Å²) in [5.74, 6) is 0.853. The molecule has 2 rings (SSSR count). The fourth-order valence-electron chi connectivity index (χ4n) is 1.48. The number of benzene rings is 1. The molecule has 0 aromatic heterocycles. The highest BCUT2D eigenvalue weighted by Gasteiger charge is 2.37. The van der Waals surface area contributed by atoms with Crippen molar-refractivity contribution in [2.45, 2.75) is 17.6 Å². The van der Waals surface area contributed by atoms with Gasteiger partial charge in [0.25, 0.3) is 0 Å². The highest BCUT2D eigenvalue weighted by molar-refractivity contribution is 7.99. The third-order valence-electron chi connectivity index (χ3n) is 2.26. The summed E-state index contributed by atoms with van der Waals surface area (Å²) >= 11 is 1.99. The van der Waals surface area contributed by atoms with Gasteiger partial charge in [-0.05, 0) is 24.2 Å². The Bertz CT molecular complexity index is 230. The van der Waals surface area contributed by atoms with Crippen LogP contribution in [0.3, 0.4) is 0 Å². The zero-order valence-corrected chi connectivity index (χ0v) is 7.47. The molecule has 2 atom stereocenters.